The molecular formula is C16H26N2. The Balaban J connectivity index is 1.95. The van der Waals surface area contributed by atoms with E-state index in [1.54, 1.807) is 0 Å². The third-order valence-corrected chi connectivity index (χ3v) is 4.09. The van der Waals surface area contributed by atoms with Gasteiger partial charge in [-0.3, -0.25) is 11.3 Å². The van der Waals surface area contributed by atoms with E-state index in [2.05, 4.69) is 37.5 Å². The summed E-state index contributed by atoms with van der Waals surface area (Å²) in [5.74, 6) is 6.61. The molecule has 1 aliphatic rings. The van der Waals surface area contributed by atoms with Crippen LogP contribution >= 0.6 is 0 Å². The van der Waals surface area contributed by atoms with Crippen LogP contribution < -0.4 is 11.3 Å². The Hall–Kier alpha value is -0.860. The first-order valence-corrected chi connectivity index (χ1v) is 7.20. The van der Waals surface area contributed by atoms with Gasteiger partial charge in [0.1, 0.15) is 0 Å². The van der Waals surface area contributed by atoms with Gasteiger partial charge in [-0.25, -0.2) is 0 Å². The van der Waals surface area contributed by atoms with Crippen LogP contribution in [0.25, 0.3) is 0 Å². The Kier molecular flexibility index (Phi) is 4.79. The molecule has 1 fully saturated rings. The highest BCUT2D eigenvalue weighted by Gasteiger charge is 2.19. The van der Waals surface area contributed by atoms with Gasteiger partial charge in [0, 0.05) is 6.04 Å². The van der Waals surface area contributed by atoms with Crippen LogP contribution in [0.4, 0.5) is 0 Å². The molecule has 18 heavy (non-hydrogen) atoms. The van der Waals surface area contributed by atoms with Crippen molar-refractivity contribution in [2.45, 2.75) is 58.4 Å². The van der Waals surface area contributed by atoms with Crippen LogP contribution in [-0.2, 0) is 6.42 Å². The lowest BCUT2D eigenvalue weighted by Gasteiger charge is -2.20. The summed E-state index contributed by atoms with van der Waals surface area (Å²) in [5.41, 5.74) is 7.12. The summed E-state index contributed by atoms with van der Waals surface area (Å²) >= 11 is 0. The molecular weight excluding hydrogens is 220 g/mol. The number of aryl methyl sites for hydroxylation is 2. The van der Waals surface area contributed by atoms with Gasteiger partial charge in [-0.15, -0.1) is 0 Å². The lowest BCUT2D eigenvalue weighted by Crippen LogP contribution is -2.38. The zero-order chi connectivity index (χ0) is 13.0. The van der Waals surface area contributed by atoms with E-state index in [1.807, 2.05) is 0 Å². The zero-order valence-electron chi connectivity index (χ0n) is 11.7. The molecule has 0 saturated heterocycles. The van der Waals surface area contributed by atoms with Crippen LogP contribution in [0, 0.1) is 19.8 Å². The van der Waals surface area contributed by atoms with Crippen molar-refractivity contribution in [3.8, 4) is 0 Å². The fraction of sp³-hybridized carbons (Fsp3) is 0.625. The topological polar surface area (TPSA) is 38.0 Å². The number of nitrogens with one attached hydrogen (secondary N) is 1. The van der Waals surface area contributed by atoms with Crippen LogP contribution in [0.3, 0.4) is 0 Å². The van der Waals surface area contributed by atoms with Crippen LogP contribution in [0.2, 0.25) is 0 Å². The van der Waals surface area contributed by atoms with E-state index in [9.17, 15) is 0 Å². The smallest absolute Gasteiger partial charge is 0.0253 e. The monoisotopic (exact) mass is 246 g/mol. The average Bonchev–Trinajstić information content (AvgIpc) is 2.79. The van der Waals surface area contributed by atoms with Crippen molar-refractivity contribution >= 4 is 0 Å². The lowest BCUT2D eigenvalue weighted by atomic mass is 9.93. The largest absolute Gasteiger partial charge is 0.271 e. The first kappa shape index (κ1) is 13.6. The molecule has 2 rings (SSSR count). The highest BCUT2D eigenvalue weighted by Crippen LogP contribution is 2.29. The maximum Gasteiger partial charge on any atom is 0.0253 e. The molecule has 0 aliphatic heterocycles. The standard InChI is InChI=1S/C16H26N2/c1-12-7-13(2)9-15(8-12)11-16(18-17)10-14-5-3-4-6-14/h7-9,14,16,18H,3-6,10-11,17H2,1-2H3. The third kappa shape index (κ3) is 3.82. The lowest BCUT2D eigenvalue weighted by molar-refractivity contribution is 0.389. The molecule has 0 aromatic heterocycles. The summed E-state index contributed by atoms with van der Waals surface area (Å²) in [6.07, 6.45) is 7.88. The van der Waals surface area contributed by atoms with Gasteiger partial charge in [-0.1, -0.05) is 55.0 Å². The van der Waals surface area contributed by atoms with Gasteiger partial charge in [0.2, 0.25) is 0 Å². The Labute approximate surface area is 111 Å². The van der Waals surface area contributed by atoms with Crippen molar-refractivity contribution < 1.29 is 0 Å². The summed E-state index contributed by atoms with van der Waals surface area (Å²) in [5, 5.41) is 0. The molecule has 0 heterocycles. The van der Waals surface area contributed by atoms with Crippen molar-refractivity contribution in [2.75, 3.05) is 0 Å². The minimum Gasteiger partial charge on any atom is -0.271 e. The van der Waals surface area contributed by atoms with Crippen molar-refractivity contribution in [2.24, 2.45) is 11.8 Å². The predicted octanol–water partition coefficient (Wildman–Crippen LogP) is 3.26. The Morgan fingerprint density at radius 3 is 2.33 bits per heavy atom. The summed E-state index contributed by atoms with van der Waals surface area (Å²) in [7, 11) is 0. The number of hydrogen-bond acceptors (Lipinski definition) is 2. The summed E-state index contributed by atoms with van der Waals surface area (Å²) < 4.78 is 0. The zero-order valence-corrected chi connectivity index (χ0v) is 11.7. The van der Waals surface area contributed by atoms with Gasteiger partial charge in [0.15, 0.2) is 0 Å². The van der Waals surface area contributed by atoms with Crippen molar-refractivity contribution in [1.29, 1.82) is 0 Å². The third-order valence-electron chi connectivity index (χ3n) is 4.09. The van der Waals surface area contributed by atoms with Crippen LogP contribution in [0.1, 0.15) is 48.8 Å². The van der Waals surface area contributed by atoms with E-state index in [1.165, 1.54) is 48.8 Å². The fourth-order valence-corrected chi connectivity index (χ4v) is 3.33. The molecule has 1 saturated carbocycles. The van der Waals surface area contributed by atoms with Gasteiger partial charge in [0.05, 0.1) is 0 Å². The molecule has 2 heteroatoms. The molecule has 3 N–H and O–H groups in total. The summed E-state index contributed by atoms with van der Waals surface area (Å²) in [6, 6.07) is 7.22. The molecule has 1 atom stereocenters. The van der Waals surface area contributed by atoms with E-state index in [0.717, 1.165) is 12.3 Å². The Morgan fingerprint density at radius 1 is 1.17 bits per heavy atom. The SMILES string of the molecule is Cc1cc(C)cc(CC(CC2CCCC2)NN)c1. The van der Waals surface area contributed by atoms with Gasteiger partial charge < -0.3 is 0 Å². The Bertz CT molecular complexity index is 360. The Morgan fingerprint density at radius 2 is 1.78 bits per heavy atom. The maximum absolute atomic E-state index is 5.72. The van der Waals surface area contributed by atoms with E-state index in [0.29, 0.717) is 6.04 Å². The highest BCUT2D eigenvalue weighted by molar-refractivity contribution is 5.29. The average molecular weight is 246 g/mol. The van der Waals surface area contributed by atoms with Crippen LogP contribution in [-0.4, -0.2) is 6.04 Å². The first-order valence-electron chi connectivity index (χ1n) is 7.20. The van der Waals surface area contributed by atoms with Gasteiger partial charge >= 0.3 is 0 Å². The van der Waals surface area contributed by atoms with Crippen molar-refractivity contribution in [1.82, 2.24) is 5.43 Å². The molecule has 0 amide bonds. The molecule has 1 aromatic rings. The number of rotatable bonds is 5. The number of hydrogen-bond donors (Lipinski definition) is 2. The molecule has 2 nitrogen and oxygen atoms in total. The van der Waals surface area contributed by atoms with Crippen LogP contribution in [0.5, 0.6) is 0 Å². The van der Waals surface area contributed by atoms with Crippen LogP contribution in [0.15, 0.2) is 18.2 Å². The van der Waals surface area contributed by atoms with Crippen molar-refractivity contribution in [3.05, 3.63) is 34.9 Å². The first-order chi connectivity index (χ1) is 8.67. The number of benzene rings is 1. The van der Waals surface area contributed by atoms with E-state index in [-0.39, 0.29) is 0 Å². The number of nitrogens with two attached hydrogens (primary N) is 1. The highest BCUT2D eigenvalue weighted by atomic mass is 15.2. The fourth-order valence-electron chi connectivity index (χ4n) is 3.33. The quantitative estimate of drug-likeness (QED) is 0.618. The molecule has 1 unspecified atom stereocenters. The summed E-state index contributed by atoms with van der Waals surface area (Å²) in [6.45, 7) is 4.33. The minimum atomic E-state index is 0.425. The molecule has 0 radical (unpaired) electrons. The molecule has 100 valence electrons. The maximum atomic E-state index is 5.72. The second-order valence-corrected chi connectivity index (χ2v) is 5.95. The van der Waals surface area contributed by atoms with Crippen molar-refractivity contribution in [3.63, 3.8) is 0 Å². The molecule has 0 spiro atoms. The molecule has 1 aliphatic carbocycles. The molecule has 0 bridgehead atoms. The van der Waals surface area contributed by atoms with E-state index in [4.69, 9.17) is 5.84 Å². The van der Waals surface area contributed by atoms with Gasteiger partial charge in [0.25, 0.3) is 0 Å². The second kappa shape index (κ2) is 6.35. The van der Waals surface area contributed by atoms with Gasteiger partial charge in [-0.2, -0.15) is 0 Å². The van der Waals surface area contributed by atoms with E-state index < -0.39 is 0 Å². The molecule has 1 aromatic carbocycles. The summed E-state index contributed by atoms with van der Waals surface area (Å²) in [4.78, 5) is 0. The van der Waals surface area contributed by atoms with Gasteiger partial charge in [-0.05, 0) is 38.2 Å². The second-order valence-electron chi connectivity index (χ2n) is 5.95. The van der Waals surface area contributed by atoms with E-state index >= 15 is 0 Å². The predicted molar refractivity (Wildman–Crippen MR) is 77.3 cm³/mol. The number of hydrazine groups is 1. The minimum absolute atomic E-state index is 0.425. The normalized spacial score (nSPS) is 18.2.